The van der Waals surface area contributed by atoms with Crippen molar-refractivity contribution < 1.29 is 101 Å². The third-order valence-electron chi connectivity index (χ3n) is 13.7. The molecule has 7 aromatic carbocycles. The summed E-state index contributed by atoms with van der Waals surface area (Å²) >= 11 is 7.11. The molecule has 0 saturated heterocycles. The first-order chi connectivity index (χ1) is 52.7. The lowest BCUT2D eigenvalue weighted by molar-refractivity contribution is -0.386. The maximum atomic E-state index is 14.1. The number of nitrogen functional groups attached to an aromatic ring is 1. The molecule has 0 fully saturated rings. The Morgan fingerprint density at radius 3 is 1.33 bits per heavy atom. The molecule has 0 aliphatic rings. The van der Waals surface area contributed by atoms with E-state index < -0.39 is 91.6 Å². The average Bonchev–Trinajstić information content (AvgIpc) is 1.78. The van der Waals surface area contributed by atoms with Crippen molar-refractivity contribution in [3.05, 3.63) is 239 Å². The zero-order valence-electron chi connectivity index (χ0n) is 60.1. The smallest absolute Gasteiger partial charge is 0.411 e. The first-order valence-electron chi connectivity index (χ1n) is 32.1. The number of carbonyl (C=O) groups excluding carboxylic acids is 5. The van der Waals surface area contributed by atoms with Gasteiger partial charge in [-0.25, -0.2) is 41.5 Å². The van der Waals surface area contributed by atoms with E-state index in [9.17, 15) is 76.8 Å². The molecule has 0 radical (unpaired) electrons. The van der Waals surface area contributed by atoms with Gasteiger partial charge in [0, 0.05) is 73.4 Å². The van der Waals surface area contributed by atoms with Gasteiger partial charge in [0.25, 0.3) is 5.91 Å². The number of ether oxygens (including phenoxy) is 3. The van der Waals surface area contributed by atoms with Gasteiger partial charge in [0.2, 0.25) is 17.6 Å². The van der Waals surface area contributed by atoms with Crippen LogP contribution in [0.1, 0.15) is 38.0 Å². The Kier molecular flexibility index (Phi) is 38.5. The molecule has 3 amide bonds. The lowest BCUT2D eigenvalue weighted by Crippen LogP contribution is -2.22. The van der Waals surface area contributed by atoms with Crippen molar-refractivity contribution in [2.75, 3.05) is 110 Å². The number of halogens is 5. The number of phenols is 4. The Hall–Kier alpha value is -12.2. The summed E-state index contributed by atoms with van der Waals surface area (Å²) in [5.41, 5.74) is 8.13. The van der Waals surface area contributed by atoms with Crippen LogP contribution in [-0.2, 0) is 19.0 Å². The molecule has 0 aliphatic heterocycles. The number of aliphatic hydroxyl groups excluding tert-OH is 1. The van der Waals surface area contributed by atoms with Crippen LogP contribution in [0.3, 0.4) is 0 Å². The van der Waals surface area contributed by atoms with Crippen LogP contribution in [0.25, 0.3) is 31.3 Å². The van der Waals surface area contributed by atoms with Gasteiger partial charge in [-0.1, -0.05) is 34.1 Å². The number of benzene rings is 7. The topological polar surface area (TPSA) is 422 Å². The highest BCUT2D eigenvalue weighted by molar-refractivity contribution is 9.10. The van der Waals surface area contributed by atoms with Gasteiger partial charge in [-0.15, -0.1) is 34.0 Å². The van der Waals surface area contributed by atoms with Crippen molar-refractivity contribution in [1.82, 2.24) is 14.7 Å². The number of thiophene rings is 3. The molecule has 3 heterocycles. The van der Waals surface area contributed by atoms with Crippen molar-refractivity contribution in [2.24, 2.45) is 4.99 Å². The lowest BCUT2D eigenvalue weighted by Gasteiger charge is -2.12. The maximum absolute atomic E-state index is 14.1. The fourth-order valence-electron chi connectivity index (χ4n) is 8.17. The van der Waals surface area contributed by atoms with Crippen molar-refractivity contribution in [3.63, 3.8) is 0 Å². The Bertz CT molecular complexity index is 4720. The summed E-state index contributed by atoms with van der Waals surface area (Å²) in [6, 6.07) is 38.8. The number of hydrogen-bond donors (Lipinski definition) is 10. The zero-order valence-corrected chi connectivity index (χ0v) is 64.1. The molecule has 0 aliphatic carbocycles. The number of nitro benzene ring substituents is 2. The summed E-state index contributed by atoms with van der Waals surface area (Å²) in [6.45, 7) is 4.90. The van der Waals surface area contributed by atoms with E-state index in [4.69, 9.17) is 40.4 Å². The minimum Gasteiger partial charge on any atom is -0.503 e. The average molecular weight is 1660 g/mol. The lowest BCUT2D eigenvalue weighted by atomic mass is 10.1. The first kappa shape index (κ1) is 91.2. The first-order valence-corrected chi connectivity index (χ1v) is 35.5. The number of hydrogen-bond acceptors (Lipinski definition) is 26. The molecule has 0 spiro atoms. The third-order valence-corrected chi connectivity index (χ3v) is 16.9. The van der Waals surface area contributed by atoms with Crippen molar-refractivity contribution in [3.8, 4) is 54.3 Å². The normalized spacial score (nSPS) is 10.2. The van der Waals surface area contributed by atoms with Gasteiger partial charge in [-0.2, -0.15) is 4.99 Å². The monoisotopic (exact) mass is 1660 g/mol. The number of anilines is 4. The number of isocyanates is 1. The van der Waals surface area contributed by atoms with E-state index in [1.807, 2.05) is 92.0 Å². The largest absolute Gasteiger partial charge is 0.503 e. The van der Waals surface area contributed by atoms with Crippen LogP contribution in [0.5, 0.6) is 23.0 Å². The molecule has 0 saturated carbocycles. The molecule has 0 bridgehead atoms. The number of aliphatic hydroxyl groups is 1. The van der Waals surface area contributed by atoms with Gasteiger partial charge in [0.05, 0.1) is 51.2 Å². The number of carbonyl (C=O) groups is 5. The number of amides is 3. The number of phenolic OH excluding ortho intramolecular Hbond substituents is 4. The predicted molar refractivity (Wildman–Crippen MR) is 418 cm³/mol. The van der Waals surface area contributed by atoms with Gasteiger partial charge in [0.15, 0.2) is 34.8 Å². The second-order valence-corrected chi connectivity index (χ2v) is 26.6. The van der Waals surface area contributed by atoms with Crippen LogP contribution in [0, 0.1) is 43.5 Å². The molecule has 588 valence electrons. The van der Waals surface area contributed by atoms with Gasteiger partial charge < -0.3 is 70.6 Å². The van der Waals surface area contributed by atoms with Gasteiger partial charge in [-0.3, -0.25) is 35.7 Å². The van der Waals surface area contributed by atoms with Crippen LogP contribution in [0.2, 0.25) is 0 Å². The standard InChI is InChI=1S/C22H22FN3O4S.C12H16N2O4.C10H6FNO3S.C10H8FNOS.C10H9NO3.C6H3BrFNO3.C4H11NO/c1-26(2)9-10-30-22(29)24-16-7-5-14(6-8-16)21(28)25-18-13-15(12-17(23)20(18)27)19-4-3-11-31-19;1-14(2)7-8-18-12(17)13-10-5-3-9(4-6-10)11(15)16;11-7-4-6(9-2-1-3-16-9)5-8(10(7)13)12(14)15;11-7-4-6(5-8(12)10(7)13)9-2-1-3-14-9;1-2-14-10(13)8-3-5-9(6-4-8)11-7-12;7-3-1-4(8)6(10)5(2-3)9(11)12;1-5(2)3-4-6/h3-8,11-13,27H,9-10H2,1-2H3,(H,24,29)(H,25,28);3-6H,7-8H2,1-2H3,(H,13,17)(H,15,16);1-5,13H;1-5,13H,12H2;3-6H,2H2,1H3;1-2,10H;6H,3-4H2,1-2H3. The Morgan fingerprint density at radius 1 is 0.541 bits per heavy atom. The van der Waals surface area contributed by atoms with Gasteiger partial charge in [0.1, 0.15) is 13.2 Å². The summed E-state index contributed by atoms with van der Waals surface area (Å²) < 4.78 is 68.1. The maximum Gasteiger partial charge on any atom is 0.411 e. The molecule has 3 aromatic heterocycles. The van der Waals surface area contributed by atoms with Crippen LogP contribution >= 0.6 is 49.9 Å². The van der Waals surface area contributed by atoms with E-state index >= 15 is 0 Å². The highest BCUT2D eigenvalue weighted by atomic mass is 79.9. The number of esters is 1. The van der Waals surface area contributed by atoms with E-state index in [1.165, 1.54) is 94.7 Å². The fourth-order valence-corrected chi connectivity index (χ4v) is 10.7. The predicted octanol–water partition coefficient (Wildman–Crippen LogP) is 15.7. The molecular weight excluding hydrogens is 1580 g/mol. The van der Waals surface area contributed by atoms with Crippen molar-refractivity contribution >= 4 is 126 Å². The number of aromatic hydroxyl groups is 4. The number of nitrogens with two attached hydrogens (primary N) is 1. The minimum absolute atomic E-state index is 0.0277. The number of carboxylic acid groups (broad SMARTS) is 1. The van der Waals surface area contributed by atoms with Crippen molar-refractivity contribution in [2.45, 2.75) is 6.92 Å². The highest BCUT2D eigenvalue weighted by Crippen LogP contribution is 2.38. The fraction of sp³-hybridized carbons (Fsp3) is 0.189. The number of aliphatic imine (C=N–C) groups is 1. The Balaban J connectivity index is 0.000000286. The van der Waals surface area contributed by atoms with Gasteiger partial charge in [-0.05, 0) is 204 Å². The Morgan fingerprint density at radius 2 is 0.946 bits per heavy atom. The molecule has 10 aromatic rings. The molecule has 29 nitrogen and oxygen atoms in total. The van der Waals surface area contributed by atoms with Crippen LogP contribution in [0.15, 0.2) is 183 Å². The highest BCUT2D eigenvalue weighted by Gasteiger charge is 2.22. The summed E-state index contributed by atoms with van der Waals surface area (Å²) in [6.07, 6.45) is 0.268. The van der Waals surface area contributed by atoms with Crippen LogP contribution < -0.4 is 21.7 Å². The minimum atomic E-state index is -1.02. The summed E-state index contributed by atoms with van der Waals surface area (Å²) in [7, 11) is 11.4. The molecule has 111 heavy (non-hydrogen) atoms. The third kappa shape index (κ3) is 31.9. The molecule has 0 unspecified atom stereocenters. The number of nitrogens with one attached hydrogen (secondary N) is 3. The van der Waals surface area contributed by atoms with E-state index in [2.05, 4.69) is 36.9 Å². The van der Waals surface area contributed by atoms with Crippen molar-refractivity contribution in [1.29, 1.82) is 0 Å². The number of aromatic carboxylic acids is 1. The molecular formula is C74H75BrF4N10O19S3. The number of rotatable bonds is 21. The summed E-state index contributed by atoms with van der Waals surface area (Å²) in [5, 5.41) is 88.0. The zero-order chi connectivity index (χ0) is 82.4. The molecule has 11 N–H and O–H groups in total. The number of nitrogens with zero attached hydrogens (tertiary/aromatic N) is 6. The SMILES string of the molecule is CCOC(=O)c1ccc(N=C=O)cc1.CN(C)CCO.CN(C)CCOC(=O)Nc1ccc(C(=O)Nc2cc(-c3cccs3)cc(F)c2O)cc1.CN(C)CCOC(=O)Nc1ccc(C(=O)O)cc1.Nc1cc(-c2cccs2)cc(F)c1O.O=[N+]([O-])c1cc(-c2cccs2)cc(F)c1O.O=[N+]([O-])c1cc(Br)cc(F)c1O. The summed E-state index contributed by atoms with van der Waals surface area (Å²) in [4.78, 5) is 98.0. The van der Waals surface area contributed by atoms with E-state index in [-0.39, 0.29) is 46.2 Å². The second kappa shape index (κ2) is 46.9. The molecule has 37 heteroatoms. The summed E-state index contributed by atoms with van der Waals surface area (Å²) in [5.74, 6) is -8.41. The van der Waals surface area contributed by atoms with Crippen LogP contribution in [-0.4, -0.2) is 180 Å². The van der Waals surface area contributed by atoms with E-state index in [0.717, 1.165) is 40.6 Å². The number of likely N-dealkylation sites (N-methyl/N-ethyl adjacent to an activating group) is 3. The van der Waals surface area contributed by atoms with Crippen LogP contribution in [0.4, 0.5) is 67.0 Å². The molecule has 0 atom stereocenters. The van der Waals surface area contributed by atoms with E-state index in [1.54, 1.807) is 66.9 Å². The number of nitro groups is 2. The number of carboxylic acids is 1. The Labute approximate surface area is 652 Å². The van der Waals surface area contributed by atoms with E-state index in [0.29, 0.717) is 70.5 Å². The molecule has 10 rings (SSSR count). The second-order valence-electron chi connectivity index (χ2n) is 22.8. The van der Waals surface area contributed by atoms with Gasteiger partial charge >= 0.3 is 35.5 Å². The quantitative estimate of drug-likeness (QED) is 0.00367.